The van der Waals surface area contributed by atoms with Crippen LogP contribution >= 0.6 is 0 Å². The topological polar surface area (TPSA) is 6.48 Å². The second-order valence-electron chi connectivity index (χ2n) is 16.5. The molecule has 300 valence electrons. The molecule has 0 aromatic heterocycles. The highest BCUT2D eigenvalue weighted by molar-refractivity contribution is 6.27. The van der Waals surface area contributed by atoms with Gasteiger partial charge >= 0.3 is 0 Å². The summed E-state index contributed by atoms with van der Waals surface area (Å²) in [6.07, 6.45) is 0. The quantitative estimate of drug-likeness (QED) is 0.111. The fourth-order valence-electron chi connectivity index (χ4n) is 9.79. The highest BCUT2D eigenvalue weighted by Gasteiger charge is 2.21. The van der Waals surface area contributed by atoms with E-state index in [1.807, 2.05) is 0 Å². The normalized spacial score (nSPS) is 11.4. The van der Waals surface area contributed by atoms with Crippen molar-refractivity contribution in [3.05, 3.63) is 255 Å². The minimum atomic E-state index is 1.11. The van der Waals surface area contributed by atoms with E-state index in [0.717, 1.165) is 34.1 Å². The molecule has 0 aliphatic carbocycles. The van der Waals surface area contributed by atoms with Crippen LogP contribution in [0.25, 0.3) is 76.1 Å². The van der Waals surface area contributed by atoms with Gasteiger partial charge in [0.05, 0.1) is 0 Å². The largest absolute Gasteiger partial charge is 0.311 e. The van der Waals surface area contributed by atoms with Crippen molar-refractivity contribution >= 4 is 88.0 Å². The first-order valence-electron chi connectivity index (χ1n) is 22.0. The second-order valence-corrected chi connectivity index (χ2v) is 16.5. The van der Waals surface area contributed by atoms with E-state index >= 15 is 0 Å². The summed E-state index contributed by atoms with van der Waals surface area (Å²) in [4.78, 5) is 4.66. The van der Waals surface area contributed by atoms with E-state index in [-0.39, 0.29) is 0 Å². The van der Waals surface area contributed by atoms with Crippen LogP contribution in [0.5, 0.6) is 0 Å². The lowest BCUT2D eigenvalue weighted by molar-refractivity contribution is 1.28. The summed E-state index contributed by atoms with van der Waals surface area (Å²) in [6, 6.07) is 92.8. The molecule has 2 heteroatoms. The van der Waals surface area contributed by atoms with Crippen LogP contribution in [0.1, 0.15) is 0 Å². The first kappa shape index (κ1) is 37.3. The summed E-state index contributed by atoms with van der Waals surface area (Å²) in [5, 5.41) is 12.4. The number of nitrogens with zero attached hydrogens (tertiary/aromatic N) is 2. The van der Waals surface area contributed by atoms with Crippen molar-refractivity contribution in [2.75, 3.05) is 9.80 Å². The van der Waals surface area contributed by atoms with E-state index in [0.29, 0.717) is 0 Å². The number of anilines is 6. The smallest absolute Gasteiger partial charge is 0.0462 e. The van der Waals surface area contributed by atoms with Crippen molar-refractivity contribution in [2.24, 2.45) is 0 Å². The SMILES string of the molecule is c1ccc(N(c2ccccc2)c2ccc(-c3c4cc5ccccc5cc4c(-c4ccc(N(c5ccccc5)c5ccccc5)cc4)c4cc5c(ccc6ccccc65)cc34)cc2)cc1. The summed E-state index contributed by atoms with van der Waals surface area (Å²) in [7, 11) is 0. The Kier molecular flexibility index (Phi) is 9.20. The molecule has 0 aliphatic rings. The van der Waals surface area contributed by atoms with Crippen molar-refractivity contribution in [3.63, 3.8) is 0 Å². The minimum Gasteiger partial charge on any atom is -0.311 e. The molecule has 0 N–H and O–H groups in total. The number of hydrogen-bond acceptors (Lipinski definition) is 2. The van der Waals surface area contributed by atoms with Crippen LogP contribution in [0.15, 0.2) is 255 Å². The van der Waals surface area contributed by atoms with Gasteiger partial charge in [0.25, 0.3) is 0 Å². The third-order valence-electron chi connectivity index (χ3n) is 12.7. The van der Waals surface area contributed by atoms with Gasteiger partial charge in [0.1, 0.15) is 0 Å². The van der Waals surface area contributed by atoms with Crippen LogP contribution in [0.4, 0.5) is 34.1 Å². The maximum Gasteiger partial charge on any atom is 0.0462 e. The van der Waals surface area contributed by atoms with Gasteiger partial charge < -0.3 is 9.80 Å². The zero-order valence-corrected chi connectivity index (χ0v) is 35.1. The van der Waals surface area contributed by atoms with E-state index in [9.17, 15) is 0 Å². The van der Waals surface area contributed by atoms with E-state index in [1.54, 1.807) is 0 Å². The zero-order chi connectivity index (χ0) is 42.4. The fraction of sp³-hybridized carbons (Fsp3) is 0. The molecule has 0 radical (unpaired) electrons. The molecule has 0 spiro atoms. The Bertz CT molecular complexity index is 3550. The molecule has 0 atom stereocenters. The van der Waals surface area contributed by atoms with E-state index in [2.05, 4.69) is 265 Å². The number of fused-ring (bicyclic) bond motifs is 6. The molecule has 12 rings (SSSR count). The number of rotatable bonds is 8. The lowest BCUT2D eigenvalue weighted by atomic mass is 9.83. The third-order valence-corrected chi connectivity index (χ3v) is 12.7. The molecule has 0 heterocycles. The van der Waals surface area contributed by atoms with Crippen molar-refractivity contribution in [3.8, 4) is 22.3 Å². The van der Waals surface area contributed by atoms with Gasteiger partial charge in [-0.05, 0) is 173 Å². The lowest BCUT2D eigenvalue weighted by Crippen LogP contribution is -2.09. The molecule has 64 heavy (non-hydrogen) atoms. The molecule has 2 nitrogen and oxygen atoms in total. The van der Waals surface area contributed by atoms with Gasteiger partial charge in [0.2, 0.25) is 0 Å². The van der Waals surface area contributed by atoms with Crippen molar-refractivity contribution in [2.45, 2.75) is 0 Å². The second kappa shape index (κ2) is 15.8. The summed E-state index contributed by atoms with van der Waals surface area (Å²) < 4.78 is 0. The monoisotopic (exact) mass is 814 g/mol. The standard InChI is InChI=1S/C62H42N2/c1-5-20-49(21-6-1)63(50-22-7-2-8-23-50)53-35-31-44(32-36-53)61-57-39-46-18-13-14-19-47(46)40-58(57)62(60-42-56-48(41-59(60)61)30-29-43-17-15-16-28-55(43)56)45-33-37-54(38-34-45)64(51-24-9-3-10-25-51)52-26-11-4-12-27-52/h1-42H. The molecule has 0 fully saturated rings. The average Bonchev–Trinajstić information content (AvgIpc) is 3.36. The molecule has 0 aliphatic heterocycles. The van der Waals surface area contributed by atoms with Crippen LogP contribution in [-0.2, 0) is 0 Å². The van der Waals surface area contributed by atoms with Gasteiger partial charge in [-0.15, -0.1) is 0 Å². The van der Waals surface area contributed by atoms with E-state index in [4.69, 9.17) is 0 Å². The fourth-order valence-corrected chi connectivity index (χ4v) is 9.79. The van der Waals surface area contributed by atoms with Gasteiger partial charge in [-0.3, -0.25) is 0 Å². The molecule has 0 bridgehead atoms. The van der Waals surface area contributed by atoms with E-state index < -0.39 is 0 Å². The van der Waals surface area contributed by atoms with Gasteiger partial charge in [-0.25, -0.2) is 0 Å². The Morgan fingerprint density at radius 1 is 0.188 bits per heavy atom. The highest BCUT2D eigenvalue weighted by Crippen LogP contribution is 2.48. The molecule has 12 aromatic rings. The third kappa shape index (κ3) is 6.52. The van der Waals surface area contributed by atoms with Gasteiger partial charge in [-0.2, -0.15) is 0 Å². The van der Waals surface area contributed by atoms with Gasteiger partial charge in [0, 0.05) is 34.1 Å². The Hall–Kier alpha value is -8.46. The predicted octanol–water partition coefficient (Wildman–Crippen LogP) is 17.7. The summed E-state index contributed by atoms with van der Waals surface area (Å²) in [5.41, 5.74) is 11.5. The summed E-state index contributed by atoms with van der Waals surface area (Å²) in [6.45, 7) is 0. The Balaban J connectivity index is 1.12. The lowest BCUT2D eigenvalue weighted by Gasteiger charge is -2.26. The molecule has 0 saturated carbocycles. The number of para-hydroxylation sites is 4. The zero-order valence-electron chi connectivity index (χ0n) is 35.1. The molecular formula is C62H42N2. The average molecular weight is 815 g/mol. The van der Waals surface area contributed by atoms with Crippen LogP contribution in [0.3, 0.4) is 0 Å². The van der Waals surface area contributed by atoms with Crippen molar-refractivity contribution in [1.82, 2.24) is 0 Å². The Morgan fingerprint density at radius 2 is 0.500 bits per heavy atom. The highest BCUT2D eigenvalue weighted by atomic mass is 15.1. The summed E-state index contributed by atoms with van der Waals surface area (Å²) in [5.74, 6) is 0. The maximum absolute atomic E-state index is 2.47. The van der Waals surface area contributed by atoms with Crippen LogP contribution in [0, 0.1) is 0 Å². The first-order chi connectivity index (χ1) is 31.7. The van der Waals surface area contributed by atoms with E-state index in [1.165, 1.54) is 76.1 Å². The van der Waals surface area contributed by atoms with Gasteiger partial charge in [-0.1, -0.05) is 158 Å². The molecule has 0 saturated heterocycles. The predicted molar refractivity (Wildman–Crippen MR) is 274 cm³/mol. The molecule has 12 aromatic carbocycles. The summed E-state index contributed by atoms with van der Waals surface area (Å²) >= 11 is 0. The molecule has 0 amide bonds. The Morgan fingerprint density at radius 3 is 0.922 bits per heavy atom. The Labute approximate surface area is 373 Å². The van der Waals surface area contributed by atoms with Crippen LogP contribution in [-0.4, -0.2) is 0 Å². The molecular weight excluding hydrogens is 773 g/mol. The van der Waals surface area contributed by atoms with Crippen molar-refractivity contribution in [1.29, 1.82) is 0 Å². The van der Waals surface area contributed by atoms with Crippen LogP contribution < -0.4 is 9.80 Å². The number of benzene rings is 12. The molecule has 0 unspecified atom stereocenters. The van der Waals surface area contributed by atoms with Crippen molar-refractivity contribution < 1.29 is 0 Å². The maximum atomic E-state index is 2.47. The number of hydrogen-bond donors (Lipinski definition) is 0. The minimum absolute atomic E-state index is 1.11. The first-order valence-corrected chi connectivity index (χ1v) is 22.0. The van der Waals surface area contributed by atoms with Crippen LogP contribution in [0.2, 0.25) is 0 Å². The van der Waals surface area contributed by atoms with Gasteiger partial charge in [0.15, 0.2) is 0 Å².